The highest BCUT2D eigenvalue weighted by Gasteiger charge is 2.14. The molecule has 36 heavy (non-hydrogen) atoms. The van der Waals surface area contributed by atoms with E-state index < -0.39 is 11.5 Å². The van der Waals surface area contributed by atoms with E-state index in [2.05, 4.69) is 25.9 Å². The number of para-hydroxylation sites is 1. The highest BCUT2D eigenvalue weighted by atomic mass is 16.4. The third-order valence-electron chi connectivity index (χ3n) is 5.46. The van der Waals surface area contributed by atoms with E-state index in [1.54, 1.807) is 42.5 Å². The van der Waals surface area contributed by atoms with Gasteiger partial charge in [0.15, 0.2) is 0 Å². The third-order valence-corrected chi connectivity index (χ3v) is 5.46. The number of aromatic nitrogens is 2. The molecule has 5 rings (SSSR count). The van der Waals surface area contributed by atoms with Crippen molar-refractivity contribution < 1.29 is 9.21 Å². The molecule has 0 bridgehead atoms. The lowest BCUT2D eigenvalue weighted by atomic mass is 10.1. The van der Waals surface area contributed by atoms with E-state index in [1.807, 2.05) is 50.2 Å². The first kappa shape index (κ1) is 22.8. The molecule has 0 radical (unpaired) electrons. The van der Waals surface area contributed by atoms with Crippen LogP contribution >= 0.6 is 0 Å². The van der Waals surface area contributed by atoms with Crippen LogP contribution in [0.15, 0.2) is 94.1 Å². The molecule has 3 aromatic carbocycles. The van der Waals surface area contributed by atoms with Gasteiger partial charge in [-0.1, -0.05) is 35.9 Å². The Morgan fingerprint density at radius 2 is 1.44 bits per heavy atom. The maximum atomic E-state index is 12.7. The monoisotopic (exact) mass is 477 g/mol. The molecule has 0 aliphatic rings. The SMILES string of the molecule is Cc1ccc(Nc2cc(C)nc(Nc3ccc(NC(=O)c4cc5ccccc5oc4=O)cc3)n2)cc1. The summed E-state index contributed by atoms with van der Waals surface area (Å²) in [6, 6.07) is 25.5. The van der Waals surface area contributed by atoms with Crippen LogP contribution in [-0.2, 0) is 0 Å². The summed E-state index contributed by atoms with van der Waals surface area (Å²) in [6.07, 6.45) is 0. The van der Waals surface area contributed by atoms with Gasteiger partial charge in [-0.2, -0.15) is 4.98 Å². The van der Waals surface area contributed by atoms with Crippen molar-refractivity contribution in [2.45, 2.75) is 13.8 Å². The molecule has 5 aromatic rings. The van der Waals surface area contributed by atoms with Crippen molar-refractivity contribution in [1.29, 1.82) is 0 Å². The van der Waals surface area contributed by atoms with E-state index in [0.29, 0.717) is 28.4 Å². The van der Waals surface area contributed by atoms with Crippen molar-refractivity contribution in [3.05, 3.63) is 112 Å². The Morgan fingerprint density at radius 3 is 2.22 bits per heavy atom. The summed E-state index contributed by atoms with van der Waals surface area (Å²) in [4.78, 5) is 33.9. The van der Waals surface area contributed by atoms with Crippen molar-refractivity contribution in [2.75, 3.05) is 16.0 Å². The van der Waals surface area contributed by atoms with Crippen LogP contribution in [0.3, 0.4) is 0 Å². The number of rotatable bonds is 6. The van der Waals surface area contributed by atoms with Crippen LogP contribution in [-0.4, -0.2) is 15.9 Å². The molecule has 2 aromatic heterocycles. The zero-order valence-corrected chi connectivity index (χ0v) is 19.7. The molecule has 178 valence electrons. The number of benzene rings is 3. The number of fused-ring (bicyclic) bond motifs is 1. The number of hydrogen-bond donors (Lipinski definition) is 3. The number of carbonyl (C=O) groups excluding carboxylic acids is 1. The first-order chi connectivity index (χ1) is 17.4. The van der Waals surface area contributed by atoms with Gasteiger partial charge in [-0.3, -0.25) is 4.79 Å². The van der Waals surface area contributed by atoms with E-state index in [4.69, 9.17) is 4.42 Å². The largest absolute Gasteiger partial charge is 0.422 e. The van der Waals surface area contributed by atoms with Crippen LogP contribution in [0.5, 0.6) is 0 Å². The Labute approximate surface area is 207 Å². The van der Waals surface area contributed by atoms with Crippen LogP contribution in [0.4, 0.5) is 28.8 Å². The van der Waals surface area contributed by atoms with Gasteiger partial charge in [-0.05, 0) is 62.4 Å². The zero-order chi connectivity index (χ0) is 25.1. The lowest BCUT2D eigenvalue weighted by Gasteiger charge is -2.11. The number of aryl methyl sites for hydroxylation is 2. The van der Waals surface area contributed by atoms with Crippen LogP contribution in [0.1, 0.15) is 21.6 Å². The van der Waals surface area contributed by atoms with Gasteiger partial charge < -0.3 is 20.4 Å². The van der Waals surface area contributed by atoms with Gasteiger partial charge in [-0.15, -0.1) is 0 Å². The Hall–Kier alpha value is -4.98. The molecule has 0 unspecified atom stereocenters. The van der Waals surface area contributed by atoms with Gasteiger partial charge in [0.1, 0.15) is 17.0 Å². The van der Waals surface area contributed by atoms with Crippen LogP contribution in [0, 0.1) is 13.8 Å². The summed E-state index contributed by atoms with van der Waals surface area (Å²) in [5.74, 6) is 0.575. The second-order valence-electron chi connectivity index (χ2n) is 8.35. The van der Waals surface area contributed by atoms with Crippen LogP contribution in [0.25, 0.3) is 11.0 Å². The minimum absolute atomic E-state index is 0.0577. The predicted octanol–water partition coefficient (Wildman–Crippen LogP) is 5.94. The molecule has 0 saturated heterocycles. The standard InChI is InChI=1S/C28H23N5O3/c1-17-7-9-20(10-8-17)30-25-15-18(2)29-28(33-25)32-22-13-11-21(12-14-22)31-26(34)23-16-19-5-3-4-6-24(19)36-27(23)35/h3-16H,1-2H3,(H,31,34)(H2,29,30,32,33). The fourth-order valence-electron chi connectivity index (χ4n) is 3.66. The van der Waals surface area contributed by atoms with Gasteiger partial charge in [0.25, 0.3) is 5.91 Å². The number of nitrogens with zero attached hydrogens (tertiary/aromatic N) is 2. The van der Waals surface area contributed by atoms with E-state index in [1.165, 1.54) is 11.6 Å². The quantitative estimate of drug-likeness (QED) is 0.260. The summed E-state index contributed by atoms with van der Waals surface area (Å²) in [5, 5.41) is 9.88. The lowest BCUT2D eigenvalue weighted by molar-refractivity contribution is 0.102. The number of hydrogen-bond acceptors (Lipinski definition) is 7. The first-order valence-electron chi connectivity index (χ1n) is 11.3. The Bertz CT molecular complexity index is 1610. The smallest absolute Gasteiger partial charge is 0.349 e. The van der Waals surface area contributed by atoms with Gasteiger partial charge >= 0.3 is 5.63 Å². The molecular formula is C28H23N5O3. The van der Waals surface area contributed by atoms with E-state index in [0.717, 1.165) is 17.1 Å². The van der Waals surface area contributed by atoms with Crippen molar-refractivity contribution >= 4 is 45.7 Å². The minimum Gasteiger partial charge on any atom is -0.422 e. The van der Waals surface area contributed by atoms with Crippen LogP contribution in [0.2, 0.25) is 0 Å². The molecule has 0 aliphatic heterocycles. The Kier molecular flexibility index (Phi) is 6.15. The van der Waals surface area contributed by atoms with Gasteiger partial charge in [0, 0.05) is 34.2 Å². The predicted molar refractivity (Wildman–Crippen MR) is 141 cm³/mol. The molecule has 0 spiro atoms. The zero-order valence-electron chi connectivity index (χ0n) is 19.7. The van der Waals surface area contributed by atoms with E-state index in [9.17, 15) is 9.59 Å². The molecule has 8 heteroatoms. The molecule has 2 heterocycles. The highest BCUT2D eigenvalue weighted by Crippen LogP contribution is 2.21. The average molecular weight is 478 g/mol. The molecule has 1 amide bonds. The molecular weight excluding hydrogens is 454 g/mol. The maximum Gasteiger partial charge on any atom is 0.349 e. The Morgan fingerprint density at radius 1 is 0.778 bits per heavy atom. The fraction of sp³-hybridized carbons (Fsp3) is 0.0714. The molecule has 0 fully saturated rings. The summed E-state index contributed by atoms with van der Waals surface area (Å²) in [7, 11) is 0. The normalized spacial score (nSPS) is 10.7. The van der Waals surface area contributed by atoms with Crippen molar-refractivity contribution in [3.63, 3.8) is 0 Å². The molecule has 3 N–H and O–H groups in total. The molecule has 8 nitrogen and oxygen atoms in total. The summed E-state index contributed by atoms with van der Waals surface area (Å²) in [6.45, 7) is 3.94. The lowest BCUT2D eigenvalue weighted by Crippen LogP contribution is -2.20. The van der Waals surface area contributed by atoms with Gasteiger partial charge in [0.05, 0.1) is 0 Å². The van der Waals surface area contributed by atoms with Crippen molar-refractivity contribution in [1.82, 2.24) is 9.97 Å². The average Bonchev–Trinajstić information content (AvgIpc) is 2.86. The van der Waals surface area contributed by atoms with Crippen molar-refractivity contribution in [2.24, 2.45) is 0 Å². The van der Waals surface area contributed by atoms with E-state index in [-0.39, 0.29) is 5.56 Å². The van der Waals surface area contributed by atoms with Gasteiger partial charge in [0.2, 0.25) is 5.95 Å². The Balaban J connectivity index is 1.28. The number of nitrogens with one attached hydrogen (secondary N) is 3. The third kappa shape index (κ3) is 5.23. The first-order valence-corrected chi connectivity index (χ1v) is 11.3. The highest BCUT2D eigenvalue weighted by molar-refractivity contribution is 6.05. The minimum atomic E-state index is -0.684. The second kappa shape index (κ2) is 9.71. The second-order valence-corrected chi connectivity index (χ2v) is 8.35. The summed E-state index contributed by atoms with van der Waals surface area (Å²) >= 11 is 0. The van der Waals surface area contributed by atoms with E-state index >= 15 is 0 Å². The molecule has 0 atom stereocenters. The number of anilines is 5. The summed E-state index contributed by atoms with van der Waals surface area (Å²) in [5.41, 5.74) is 3.89. The fourth-order valence-corrected chi connectivity index (χ4v) is 3.66. The topological polar surface area (TPSA) is 109 Å². The van der Waals surface area contributed by atoms with Crippen molar-refractivity contribution in [3.8, 4) is 0 Å². The summed E-state index contributed by atoms with van der Waals surface area (Å²) < 4.78 is 5.25. The molecule has 0 aliphatic carbocycles. The van der Waals surface area contributed by atoms with Crippen LogP contribution < -0.4 is 21.6 Å². The number of amides is 1. The van der Waals surface area contributed by atoms with Gasteiger partial charge in [-0.25, -0.2) is 9.78 Å². The molecule has 0 saturated carbocycles. The number of carbonyl (C=O) groups is 1. The maximum absolute atomic E-state index is 12.7.